The molecule has 0 saturated heterocycles. The topological polar surface area (TPSA) is 81.2 Å². The van der Waals surface area contributed by atoms with Crippen molar-refractivity contribution in [1.29, 1.82) is 0 Å². The first-order valence-corrected chi connectivity index (χ1v) is 11.1. The summed E-state index contributed by atoms with van der Waals surface area (Å²) in [7, 11) is -0.437. The maximum atomic E-state index is 12.4. The summed E-state index contributed by atoms with van der Waals surface area (Å²) in [4.78, 5) is 9.34. The van der Waals surface area contributed by atoms with Crippen molar-refractivity contribution in [3.05, 3.63) is 35.5 Å². The smallest absolute Gasteiger partial charge is 0.256 e. The fourth-order valence-corrected chi connectivity index (χ4v) is 4.53. The van der Waals surface area contributed by atoms with E-state index in [9.17, 15) is 8.42 Å². The van der Waals surface area contributed by atoms with Crippen LogP contribution in [-0.2, 0) is 22.3 Å². The molecule has 0 unspecified atom stereocenters. The number of oxazole rings is 1. The van der Waals surface area contributed by atoms with Crippen LogP contribution in [0.25, 0.3) is 11.0 Å². The molecule has 0 aliphatic rings. The first-order valence-electron chi connectivity index (χ1n) is 8.72. The summed E-state index contributed by atoms with van der Waals surface area (Å²) in [5.41, 5.74) is 2.50. The zero-order chi connectivity index (χ0) is 19.8. The largest absolute Gasteiger partial charge is 0.437 e. The third-order valence-corrected chi connectivity index (χ3v) is 6.99. The number of imidazole rings is 1. The number of nitrogens with zero attached hydrogens (tertiary/aromatic N) is 4. The summed E-state index contributed by atoms with van der Waals surface area (Å²) in [6, 6.07) is 5.12. The van der Waals surface area contributed by atoms with E-state index in [0.29, 0.717) is 16.5 Å². The van der Waals surface area contributed by atoms with Crippen molar-refractivity contribution in [3.63, 3.8) is 0 Å². The van der Waals surface area contributed by atoms with E-state index < -0.39 is 10.0 Å². The summed E-state index contributed by atoms with van der Waals surface area (Å²) < 4.78 is 33.8. The van der Waals surface area contributed by atoms with Gasteiger partial charge in [-0.15, -0.1) is 0 Å². The van der Waals surface area contributed by atoms with E-state index in [4.69, 9.17) is 9.40 Å². The standard InChI is InChI=1S/C18H24N4O3S2/c1-6-9-22-16-8-7-14(27(23,24)21(4)5)10-15(16)20-17(22)11-26-18-19-12(2)13(3)25-18/h7-8,10H,6,9,11H2,1-5H3. The van der Waals surface area contributed by atoms with Crippen LogP contribution in [0.5, 0.6) is 0 Å². The molecule has 2 heterocycles. The Hall–Kier alpha value is -1.84. The molecule has 0 spiro atoms. The number of hydrogen-bond acceptors (Lipinski definition) is 6. The lowest BCUT2D eigenvalue weighted by atomic mass is 10.3. The summed E-state index contributed by atoms with van der Waals surface area (Å²) in [5.74, 6) is 2.30. The molecule has 0 aliphatic carbocycles. The molecule has 7 nitrogen and oxygen atoms in total. The third kappa shape index (κ3) is 3.90. The molecule has 0 radical (unpaired) electrons. The number of aryl methyl sites for hydroxylation is 3. The predicted molar refractivity (Wildman–Crippen MR) is 106 cm³/mol. The Labute approximate surface area is 163 Å². The van der Waals surface area contributed by atoms with E-state index in [-0.39, 0.29) is 4.90 Å². The van der Waals surface area contributed by atoms with Crippen molar-refractivity contribution >= 4 is 32.8 Å². The van der Waals surface area contributed by atoms with Gasteiger partial charge in [0.05, 0.1) is 27.4 Å². The van der Waals surface area contributed by atoms with Crippen LogP contribution in [0, 0.1) is 13.8 Å². The van der Waals surface area contributed by atoms with Crippen molar-refractivity contribution in [2.24, 2.45) is 0 Å². The summed E-state index contributed by atoms with van der Waals surface area (Å²) in [6.07, 6.45) is 0.956. The SMILES string of the molecule is CCCn1c(CSc2nc(C)c(C)o2)nc2cc(S(=O)(=O)N(C)C)ccc21. The first kappa shape index (κ1) is 19.9. The maximum absolute atomic E-state index is 12.4. The second-order valence-electron chi connectivity index (χ2n) is 6.53. The van der Waals surface area contributed by atoms with Crippen molar-refractivity contribution < 1.29 is 12.8 Å². The van der Waals surface area contributed by atoms with Crippen molar-refractivity contribution in [2.75, 3.05) is 14.1 Å². The highest BCUT2D eigenvalue weighted by Gasteiger charge is 2.20. The van der Waals surface area contributed by atoms with Crippen LogP contribution in [-0.4, -0.2) is 41.4 Å². The Balaban J connectivity index is 1.97. The number of fused-ring (bicyclic) bond motifs is 1. The van der Waals surface area contributed by atoms with Crippen LogP contribution in [0.1, 0.15) is 30.6 Å². The number of rotatable bonds is 7. The molecule has 27 heavy (non-hydrogen) atoms. The number of sulfonamides is 1. The molecule has 0 amide bonds. The number of thioether (sulfide) groups is 1. The number of benzene rings is 1. The van der Waals surface area contributed by atoms with Gasteiger partial charge in [0.25, 0.3) is 5.22 Å². The minimum atomic E-state index is -3.49. The lowest BCUT2D eigenvalue weighted by molar-refractivity contribution is 0.431. The second-order valence-corrected chi connectivity index (χ2v) is 9.61. The summed E-state index contributed by atoms with van der Waals surface area (Å²) in [6.45, 7) is 6.73. The molecular formula is C18H24N4O3S2. The molecule has 1 aromatic carbocycles. The van der Waals surface area contributed by atoms with E-state index in [1.165, 1.54) is 30.2 Å². The molecule has 3 aromatic rings. The Bertz CT molecular complexity index is 1050. The van der Waals surface area contributed by atoms with E-state index in [1.54, 1.807) is 12.1 Å². The lowest BCUT2D eigenvalue weighted by Gasteiger charge is -2.11. The Morgan fingerprint density at radius 1 is 1.22 bits per heavy atom. The summed E-state index contributed by atoms with van der Waals surface area (Å²) >= 11 is 1.49. The normalized spacial score (nSPS) is 12.4. The minimum absolute atomic E-state index is 0.249. The number of aromatic nitrogens is 3. The van der Waals surface area contributed by atoms with Gasteiger partial charge in [0.2, 0.25) is 10.0 Å². The van der Waals surface area contributed by atoms with Crippen molar-refractivity contribution in [3.8, 4) is 0 Å². The average Bonchev–Trinajstić information content (AvgIpc) is 3.12. The van der Waals surface area contributed by atoms with Gasteiger partial charge in [0.1, 0.15) is 11.6 Å². The molecular weight excluding hydrogens is 384 g/mol. The molecule has 0 saturated carbocycles. The molecule has 0 bridgehead atoms. The van der Waals surface area contributed by atoms with Gasteiger partial charge < -0.3 is 8.98 Å². The van der Waals surface area contributed by atoms with Gasteiger partial charge >= 0.3 is 0 Å². The second kappa shape index (κ2) is 7.65. The zero-order valence-corrected chi connectivity index (χ0v) is 17.8. The highest BCUT2D eigenvalue weighted by molar-refractivity contribution is 7.98. The molecule has 9 heteroatoms. The Morgan fingerprint density at radius 3 is 2.56 bits per heavy atom. The van der Waals surface area contributed by atoms with E-state index in [0.717, 1.165) is 35.8 Å². The number of hydrogen-bond donors (Lipinski definition) is 0. The molecule has 0 N–H and O–H groups in total. The highest BCUT2D eigenvalue weighted by atomic mass is 32.2. The van der Waals surface area contributed by atoms with Crippen molar-refractivity contribution in [2.45, 2.75) is 49.6 Å². The van der Waals surface area contributed by atoms with Crippen molar-refractivity contribution in [1.82, 2.24) is 18.8 Å². The van der Waals surface area contributed by atoms with Crippen LogP contribution >= 0.6 is 11.8 Å². The molecule has 0 aliphatic heterocycles. The van der Waals surface area contributed by atoms with E-state index >= 15 is 0 Å². The molecule has 146 valence electrons. The quantitative estimate of drug-likeness (QED) is 0.556. The minimum Gasteiger partial charge on any atom is -0.437 e. The molecule has 0 fully saturated rings. The van der Waals surface area contributed by atoms with Crippen LogP contribution in [0.15, 0.2) is 32.7 Å². The van der Waals surface area contributed by atoms with Crippen LogP contribution in [0.3, 0.4) is 0 Å². The van der Waals surface area contributed by atoms with Gasteiger partial charge in [0, 0.05) is 20.6 Å². The van der Waals surface area contributed by atoms with Crippen LogP contribution < -0.4 is 0 Å². The summed E-state index contributed by atoms with van der Waals surface area (Å²) in [5, 5.41) is 0.621. The van der Waals surface area contributed by atoms with Gasteiger partial charge in [-0.05, 0) is 38.5 Å². The van der Waals surface area contributed by atoms with E-state index in [2.05, 4.69) is 16.5 Å². The highest BCUT2D eigenvalue weighted by Crippen LogP contribution is 2.27. The van der Waals surface area contributed by atoms with E-state index in [1.807, 2.05) is 19.9 Å². The molecule has 3 rings (SSSR count). The monoisotopic (exact) mass is 408 g/mol. The first-order chi connectivity index (χ1) is 12.7. The van der Waals surface area contributed by atoms with Crippen LogP contribution in [0.4, 0.5) is 0 Å². The van der Waals surface area contributed by atoms with Gasteiger partial charge in [-0.3, -0.25) is 0 Å². The Kier molecular flexibility index (Phi) is 5.64. The van der Waals surface area contributed by atoms with Gasteiger partial charge in [-0.25, -0.2) is 22.7 Å². The van der Waals surface area contributed by atoms with Crippen LogP contribution in [0.2, 0.25) is 0 Å². The molecule has 2 aromatic heterocycles. The third-order valence-electron chi connectivity index (χ3n) is 4.36. The average molecular weight is 409 g/mol. The molecule has 0 atom stereocenters. The van der Waals surface area contributed by atoms with Gasteiger partial charge in [-0.1, -0.05) is 18.7 Å². The fraction of sp³-hybridized carbons (Fsp3) is 0.444. The Morgan fingerprint density at radius 2 is 1.96 bits per heavy atom. The predicted octanol–water partition coefficient (Wildman–Crippen LogP) is 3.59. The van der Waals surface area contributed by atoms with Gasteiger partial charge in [0.15, 0.2) is 0 Å². The lowest BCUT2D eigenvalue weighted by Crippen LogP contribution is -2.22. The fourth-order valence-electron chi connectivity index (χ4n) is 2.75. The van der Waals surface area contributed by atoms with Gasteiger partial charge in [-0.2, -0.15) is 0 Å². The maximum Gasteiger partial charge on any atom is 0.256 e. The zero-order valence-electron chi connectivity index (χ0n) is 16.2.